The predicted octanol–water partition coefficient (Wildman–Crippen LogP) is 5.63. The van der Waals surface area contributed by atoms with Crippen LogP contribution >= 0.6 is 15.9 Å². The van der Waals surface area contributed by atoms with Gasteiger partial charge in [0.15, 0.2) is 0 Å². The van der Waals surface area contributed by atoms with E-state index in [0.29, 0.717) is 26.9 Å². The molecule has 0 saturated carbocycles. The van der Waals surface area contributed by atoms with Crippen molar-refractivity contribution in [3.05, 3.63) is 70.4 Å². The number of nitrogens with one attached hydrogen (secondary N) is 1. The first-order valence-electron chi connectivity index (χ1n) is 9.21. The third-order valence-corrected chi connectivity index (χ3v) is 6.65. The first kappa shape index (κ1) is 20.4. The quantitative estimate of drug-likeness (QED) is 0.368. The van der Waals surface area contributed by atoms with Crippen molar-refractivity contribution in [2.45, 2.75) is 18.7 Å². The molecule has 0 saturated heterocycles. The van der Waals surface area contributed by atoms with Gasteiger partial charge in [-0.15, -0.1) is 0 Å². The van der Waals surface area contributed by atoms with E-state index in [1.165, 1.54) is 0 Å². The van der Waals surface area contributed by atoms with Gasteiger partial charge >= 0.3 is 5.97 Å². The number of ether oxygens (including phenoxy) is 1. The molecular formula is C22H18BrNO5S. The fourth-order valence-electron chi connectivity index (χ4n) is 3.34. The standard InChI is InChI=1S/C22H18BrNO5S/c1-3-28-22(25)20-13(2)29-21-18(20)11-16(12-19(21)23)24-30(26,27)17-9-8-14-6-4-5-7-15(14)10-17/h4-12,24H,3H2,1-2H3. The first-order valence-corrected chi connectivity index (χ1v) is 11.5. The molecule has 0 spiro atoms. The topological polar surface area (TPSA) is 85.6 Å². The van der Waals surface area contributed by atoms with Crippen molar-refractivity contribution in [1.82, 2.24) is 0 Å². The van der Waals surface area contributed by atoms with Crippen LogP contribution in [0.15, 0.2) is 68.4 Å². The summed E-state index contributed by atoms with van der Waals surface area (Å²) in [5.41, 5.74) is 1.03. The number of hydrogen-bond acceptors (Lipinski definition) is 5. The smallest absolute Gasteiger partial charge is 0.342 e. The lowest BCUT2D eigenvalue weighted by Crippen LogP contribution is -2.13. The predicted molar refractivity (Wildman–Crippen MR) is 119 cm³/mol. The molecule has 4 aromatic rings. The molecule has 4 rings (SSSR count). The normalized spacial score (nSPS) is 11.7. The molecule has 0 aliphatic rings. The summed E-state index contributed by atoms with van der Waals surface area (Å²) >= 11 is 3.40. The zero-order chi connectivity index (χ0) is 21.5. The Hall–Kier alpha value is -2.84. The lowest BCUT2D eigenvalue weighted by Gasteiger charge is -2.10. The molecule has 0 aliphatic carbocycles. The van der Waals surface area contributed by atoms with E-state index in [2.05, 4.69) is 20.7 Å². The van der Waals surface area contributed by atoms with Gasteiger partial charge in [-0.1, -0.05) is 30.3 Å². The number of halogens is 1. The average Bonchev–Trinajstić information content (AvgIpc) is 3.04. The minimum absolute atomic E-state index is 0.145. The van der Waals surface area contributed by atoms with E-state index < -0.39 is 16.0 Å². The third-order valence-electron chi connectivity index (χ3n) is 4.68. The summed E-state index contributed by atoms with van der Waals surface area (Å²) in [6, 6.07) is 15.6. The average molecular weight is 488 g/mol. The molecule has 1 aromatic heterocycles. The van der Waals surface area contributed by atoms with Crippen LogP contribution in [0, 0.1) is 6.92 Å². The number of benzene rings is 3. The first-order chi connectivity index (χ1) is 14.3. The van der Waals surface area contributed by atoms with Crippen LogP contribution in [0.1, 0.15) is 23.0 Å². The highest BCUT2D eigenvalue weighted by atomic mass is 79.9. The van der Waals surface area contributed by atoms with Crippen LogP contribution in [0.5, 0.6) is 0 Å². The molecule has 0 unspecified atom stereocenters. The molecule has 0 fully saturated rings. The Kier molecular flexibility index (Phi) is 5.29. The minimum Gasteiger partial charge on any atom is -0.462 e. The van der Waals surface area contributed by atoms with Crippen molar-refractivity contribution in [3.8, 4) is 0 Å². The Labute approximate surface area is 182 Å². The van der Waals surface area contributed by atoms with Crippen LogP contribution in [0.25, 0.3) is 21.7 Å². The Bertz CT molecular complexity index is 1390. The molecule has 1 N–H and O–H groups in total. The molecule has 6 nitrogen and oxygen atoms in total. The number of carbonyl (C=O) groups is 1. The summed E-state index contributed by atoms with van der Waals surface area (Å²) in [5.74, 6) is -0.117. The summed E-state index contributed by atoms with van der Waals surface area (Å²) in [6.07, 6.45) is 0. The monoisotopic (exact) mass is 487 g/mol. The maximum atomic E-state index is 13.0. The van der Waals surface area contributed by atoms with Crippen molar-refractivity contribution in [2.24, 2.45) is 0 Å². The van der Waals surface area contributed by atoms with Gasteiger partial charge in [-0.25, -0.2) is 13.2 Å². The second kappa shape index (κ2) is 7.77. The number of esters is 1. The maximum Gasteiger partial charge on any atom is 0.342 e. The second-order valence-electron chi connectivity index (χ2n) is 6.70. The van der Waals surface area contributed by atoms with Gasteiger partial charge in [-0.2, -0.15) is 0 Å². The van der Waals surface area contributed by atoms with E-state index in [4.69, 9.17) is 9.15 Å². The number of fused-ring (bicyclic) bond motifs is 2. The highest BCUT2D eigenvalue weighted by Gasteiger charge is 2.23. The molecule has 0 radical (unpaired) electrons. The lowest BCUT2D eigenvalue weighted by atomic mass is 10.1. The highest BCUT2D eigenvalue weighted by molar-refractivity contribution is 9.10. The fraction of sp³-hybridized carbons (Fsp3) is 0.136. The molecule has 1 heterocycles. The fourth-order valence-corrected chi connectivity index (χ4v) is 4.96. The van der Waals surface area contributed by atoms with Crippen molar-refractivity contribution >= 4 is 59.4 Å². The van der Waals surface area contributed by atoms with Crippen molar-refractivity contribution < 1.29 is 22.4 Å². The van der Waals surface area contributed by atoms with E-state index in [-0.39, 0.29) is 17.1 Å². The Balaban J connectivity index is 1.77. The van der Waals surface area contributed by atoms with E-state index in [1.54, 1.807) is 44.2 Å². The van der Waals surface area contributed by atoms with Gasteiger partial charge in [0.1, 0.15) is 16.9 Å². The van der Waals surface area contributed by atoms with E-state index >= 15 is 0 Å². The third kappa shape index (κ3) is 3.68. The summed E-state index contributed by atoms with van der Waals surface area (Å²) in [4.78, 5) is 12.5. The number of anilines is 1. The van der Waals surface area contributed by atoms with E-state index in [0.717, 1.165) is 10.8 Å². The summed E-state index contributed by atoms with van der Waals surface area (Å²) < 4.78 is 39.9. The van der Waals surface area contributed by atoms with Gasteiger partial charge < -0.3 is 9.15 Å². The molecule has 3 aromatic carbocycles. The number of sulfonamides is 1. The number of furan rings is 1. The van der Waals surface area contributed by atoms with Crippen LogP contribution < -0.4 is 4.72 Å². The number of hydrogen-bond donors (Lipinski definition) is 1. The van der Waals surface area contributed by atoms with Gasteiger partial charge in [-0.05, 0) is 64.8 Å². The Morgan fingerprint density at radius 2 is 1.83 bits per heavy atom. The maximum absolute atomic E-state index is 13.0. The van der Waals surface area contributed by atoms with E-state index in [1.807, 2.05) is 24.3 Å². The SMILES string of the molecule is CCOC(=O)c1c(C)oc2c(Br)cc(NS(=O)(=O)c3ccc4ccccc4c3)cc12. The van der Waals surface area contributed by atoms with Crippen molar-refractivity contribution in [2.75, 3.05) is 11.3 Å². The van der Waals surface area contributed by atoms with Crippen molar-refractivity contribution in [3.63, 3.8) is 0 Å². The molecule has 0 amide bonds. The minimum atomic E-state index is -3.84. The van der Waals surface area contributed by atoms with Gasteiger partial charge in [0.25, 0.3) is 10.0 Å². The molecule has 0 bridgehead atoms. The molecule has 0 atom stereocenters. The van der Waals surface area contributed by atoms with Gasteiger partial charge in [0.05, 0.1) is 21.7 Å². The van der Waals surface area contributed by atoms with Crippen LogP contribution in [-0.2, 0) is 14.8 Å². The van der Waals surface area contributed by atoms with Crippen LogP contribution in [0.2, 0.25) is 0 Å². The summed E-state index contributed by atoms with van der Waals surface area (Å²) in [5, 5.41) is 2.25. The van der Waals surface area contributed by atoms with Crippen LogP contribution in [-0.4, -0.2) is 21.0 Å². The van der Waals surface area contributed by atoms with Crippen molar-refractivity contribution in [1.29, 1.82) is 0 Å². The number of aryl methyl sites for hydroxylation is 1. The molecule has 154 valence electrons. The number of carbonyl (C=O) groups excluding carboxylic acids is 1. The zero-order valence-corrected chi connectivity index (χ0v) is 18.6. The molecule has 30 heavy (non-hydrogen) atoms. The summed E-state index contributed by atoms with van der Waals surface area (Å²) in [6.45, 7) is 3.60. The van der Waals surface area contributed by atoms with E-state index in [9.17, 15) is 13.2 Å². The lowest BCUT2D eigenvalue weighted by molar-refractivity contribution is 0.0526. The second-order valence-corrected chi connectivity index (χ2v) is 9.24. The van der Waals surface area contributed by atoms with Gasteiger partial charge in [-0.3, -0.25) is 4.72 Å². The largest absolute Gasteiger partial charge is 0.462 e. The van der Waals surface area contributed by atoms with Crippen LogP contribution in [0.3, 0.4) is 0 Å². The number of rotatable bonds is 5. The van der Waals surface area contributed by atoms with Gasteiger partial charge in [0.2, 0.25) is 0 Å². The Morgan fingerprint density at radius 3 is 2.57 bits per heavy atom. The molecular weight excluding hydrogens is 470 g/mol. The van der Waals surface area contributed by atoms with Crippen LogP contribution in [0.4, 0.5) is 5.69 Å². The highest BCUT2D eigenvalue weighted by Crippen LogP contribution is 2.35. The van der Waals surface area contributed by atoms with Gasteiger partial charge in [0, 0.05) is 5.39 Å². The zero-order valence-electron chi connectivity index (χ0n) is 16.2. The molecule has 0 aliphatic heterocycles. The summed E-state index contributed by atoms with van der Waals surface area (Å²) in [7, 11) is -3.84. The Morgan fingerprint density at radius 1 is 1.10 bits per heavy atom. The molecule has 8 heteroatoms.